The monoisotopic (exact) mass is 497 g/mol. The summed E-state index contributed by atoms with van der Waals surface area (Å²) < 4.78 is 18.1. The lowest BCUT2D eigenvalue weighted by molar-refractivity contribution is 0.610. The van der Waals surface area contributed by atoms with E-state index in [-0.39, 0.29) is 5.69 Å². The predicted octanol–water partition coefficient (Wildman–Crippen LogP) is 4.97. The van der Waals surface area contributed by atoms with Crippen LogP contribution in [0, 0.1) is 5.82 Å². The summed E-state index contributed by atoms with van der Waals surface area (Å²) in [6.07, 6.45) is 6.85. The highest BCUT2D eigenvalue weighted by Crippen LogP contribution is 2.28. The van der Waals surface area contributed by atoms with Crippen LogP contribution in [0.4, 0.5) is 4.39 Å². The van der Waals surface area contributed by atoms with Crippen LogP contribution in [-0.4, -0.2) is 34.7 Å². The van der Waals surface area contributed by atoms with Crippen molar-refractivity contribution in [2.75, 3.05) is 0 Å². The number of unbranched alkanes of at least 4 members (excludes halogenated alkanes) is 1. The number of imidazole rings is 1. The van der Waals surface area contributed by atoms with Crippen LogP contribution >= 0.6 is 0 Å². The highest BCUT2D eigenvalue weighted by atomic mass is 19.1. The zero-order valence-electron chi connectivity index (χ0n) is 20.9. The number of halogens is 1. The molecule has 0 unspecified atom stereocenters. The number of hydrogen-bond acceptors (Lipinski definition) is 5. The normalized spacial score (nSPS) is 11.2. The number of rotatable bonds is 9. The number of para-hydroxylation sites is 1. The van der Waals surface area contributed by atoms with Gasteiger partial charge in [0.05, 0.1) is 17.9 Å². The van der Waals surface area contributed by atoms with Crippen molar-refractivity contribution in [3.63, 3.8) is 0 Å². The number of H-pyrrole nitrogens is 1. The largest absolute Gasteiger partial charge is 0.333 e. The fraction of sp³-hybridized carbons (Fsp3) is 0.250. The Hall–Kier alpha value is -4.40. The molecule has 1 N–H and O–H groups in total. The van der Waals surface area contributed by atoms with Crippen LogP contribution in [0.5, 0.6) is 0 Å². The Bertz CT molecular complexity index is 1550. The zero-order valence-corrected chi connectivity index (χ0v) is 20.9. The summed E-state index contributed by atoms with van der Waals surface area (Å²) in [7, 11) is 0. The first-order valence-corrected chi connectivity index (χ1v) is 12.5. The zero-order chi connectivity index (χ0) is 25.8. The molecule has 0 aliphatic rings. The van der Waals surface area contributed by atoms with Crippen LogP contribution in [-0.2, 0) is 19.4 Å². The maximum Gasteiger partial charge on any atom is 0.333 e. The maximum absolute atomic E-state index is 14.9. The molecule has 0 radical (unpaired) electrons. The van der Waals surface area contributed by atoms with E-state index in [1.54, 1.807) is 23.0 Å². The first kappa shape index (κ1) is 24.3. The molecule has 0 spiro atoms. The Labute approximate surface area is 213 Å². The van der Waals surface area contributed by atoms with E-state index in [2.05, 4.69) is 32.5 Å². The molecular formula is C28H28FN7O. The second-order valence-corrected chi connectivity index (χ2v) is 8.91. The fourth-order valence-electron chi connectivity index (χ4n) is 4.58. The van der Waals surface area contributed by atoms with E-state index in [0.717, 1.165) is 52.9 Å². The van der Waals surface area contributed by atoms with Crippen LogP contribution in [0.3, 0.4) is 0 Å². The Kier molecular flexibility index (Phi) is 7.02. The molecule has 37 heavy (non-hydrogen) atoms. The Balaban J connectivity index is 1.50. The van der Waals surface area contributed by atoms with Gasteiger partial charge in [0.1, 0.15) is 5.82 Å². The van der Waals surface area contributed by atoms with Crippen molar-refractivity contribution in [1.82, 2.24) is 34.7 Å². The van der Waals surface area contributed by atoms with Gasteiger partial charge < -0.3 is 0 Å². The summed E-state index contributed by atoms with van der Waals surface area (Å²) in [5.74, 6) is 0.151. The van der Waals surface area contributed by atoms with Gasteiger partial charge in [0.2, 0.25) is 0 Å². The van der Waals surface area contributed by atoms with Crippen LogP contribution in [0.25, 0.3) is 28.3 Å². The highest BCUT2D eigenvalue weighted by molar-refractivity contribution is 5.76. The Morgan fingerprint density at radius 2 is 1.86 bits per heavy atom. The van der Waals surface area contributed by atoms with Gasteiger partial charge in [-0.15, -0.1) is 5.10 Å². The molecule has 0 fully saturated rings. The van der Waals surface area contributed by atoms with Crippen LogP contribution in [0.1, 0.15) is 43.5 Å². The molecule has 0 atom stereocenters. The first-order chi connectivity index (χ1) is 18.1. The van der Waals surface area contributed by atoms with Crippen molar-refractivity contribution in [1.29, 1.82) is 0 Å². The lowest BCUT2D eigenvalue weighted by Gasteiger charge is -2.10. The fourth-order valence-corrected chi connectivity index (χ4v) is 4.58. The van der Waals surface area contributed by atoms with Crippen molar-refractivity contribution in [3.8, 4) is 28.3 Å². The minimum absolute atomic E-state index is 0.236. The standard InChI is InChI=1S/C28H28FN7O/c1-3-5-9-22-18-36(26-20(4-2)8-6-11-24(26)29)28(37)35(22)17-19-12-14-21(15-13-19)25-23(10-7-16-30-25)27-31-33-34-32-27/h6-8,10-16,18H,3-5,9,17H2,1-2H3,(H,31,32,33,34). The van der Waals surface area contributed by atoms with E-state index in [0.29, 0.717) is 24.5 Å². The van der Waals surface area contributed by atoms with Gasteiger partial charge in [-0.1, -0.05) is 56.7 Å². The molecule has 0 bridgehead atoms. The van der Waals surface area contributed by atoms with Crippen molar-refractivity contribution in [2.24, 2.45) is 0 Å². The van der Waals surface area contributed by atoms with Gasteiger partial charge in [-0.3, -0.25) is 14.1 Å². The third kappa shape index (κ3) is 4.84. The lowest BCUT2D eigenvalue weighted by Crippen LogP contribution is -2.26. The number of tetrazole rings is 1. The van der Waals surface area contributed by atoms with Gasteiger partial charge in [0.15, 0.2) is 5.82 Å². The Morgan fingerprint density at radius 1 is 1.03 bits per heavy atom. The Morgan fingerprint density at radius 3 is 2.59 bits per heavy atom. The van der Waals surface area contributed by atoms with E-state index in [9.17, 15) is 9.18 Å². The minimum atomic E-state index is -0.391. The second kappa shape index (κ2) is 10.7. The van der Waals surface area contributed by atoms with Crippen LogP contribution in [0.15, 0.2) is 71.8 Å². The van der Waals surface area contributed by atoms with Gasteiger partial charge in [-0.05, 0) is 59.0 Å². The van der Waals surface area contributed by atoms with E-state index in [1.165, 1.54) is 10.6 Å². The number of hydrogen-bond donors (Lipinski definition) is 1. The minimum Gasteiger partial charge on any atom is -0.292 e. The lowest BCUT2D eigenvalue weighted by atomic mass is 10.0. The topological polar surface area (TPSA) is 94.3 Å². The second-order valence-electron chi connectivity index (χ2n) is 8.91. The number of pyridine rings is 1. The maximum atomic E-state index is 14.9. The molecule has 3 aromatic heterocycles. The summed E-state index contributed by atoms with van der Waals surface area (Å²) in [6.45, 7) is 4.47. The van der Waals surface area contributed by atoms with E-state index < -0.39 is 5.82 Å². The molecule has 188 valence electrons. The molecular weight excluding hydrogens is 469 g/mol. The van der Waals surface area contributed by atoms with Crippen molar-refractivity contribution in [2.45, 2.75) is 46.1 Å². The van der Waals surface area contributed by atoms with E-state index >= 15 is 0 Å². The average Bonchev–Trinajstić information content (AvgIpc) is 3.57. The number of nitrogens with one attached hydrogen (secondary N) is 1. The van der Waals surface area contributed by atoms with Gasteiger partial charge in [-0.25, -0.2) is 14.3 Å². The number of aromatic nitrogens is 7. The number of aromatic amines is 1. The quantitative estimate of drug-likeness (QED) is 0.310. The highest BCUT2D eigenvalue weighted by Gasteiger charge is 2.18. The molecule has 0 saturated carbocycles. The summed E-state index contributed by atoms with van der Waals surface area (Å²) in [6, 6.07) is 16.6. The number of aryl methyl sites for hydroxylation is 2. The molecule has 0 saturated heterocycles. The average molecular weight is 498 g/mol. The molecule has 8 nitrogen and oxygen atoms in total. The SMILES string of the molecule is CCCCc1cn(-c2c(F)cccc2CC)c(=O)n1Cc1ccc(-c2ncccc2-c2nnn[nH]2)cc1. The van der Waals surface area contributed by atoms with Gasteiger partial charge >= 0.3 is 5.69 Å². The summed E-state index contributed by atoms with van der Waals surface area (Å²) in [5.41, 5.74) is 5.23. The first-order valence-electron chi connectivity index (χ1n) is 12.5. The molecule has 0 aliphatic heterocycles. The number of nitrogens with zero attached hydrogens (tertiary/aromatic N) is 6. The third-order valence-electron chi connectivity index (χ3n) is 6.52. The summed E-state index contributed by atoms with van der Waals surface area (Å²) in [5, 5.41) is 14.1. The molecule has 5 aromatic rings. The molecule has 0 amide bonds. The van der Waals surface area contributed by atoms with Crippen LogP contribution < -0.4 is 5.69 Å². The van der Waals surface area contributed by atoms with Gasteiger partial charge in [0.25, 0.3) is 0 Å². The molecule has 2 aromatic carbocycles. The van der Waals surface area contributed by atoms with E-state index in [1.807, 2.05) is 49.4 Å². The van der Waals surface area contributed by atoms with Crippen molar-refractivity contribution >= 4 is 0 Å². The summed E-state index contributed by atoms with van der Waals surface area (Å²) in [4.78, 5) is 18.1. The summed E-state index contributed by atoms with van der Waals surface area (Å²) >= 11 is 0. The smallest absolute Gasteiger partial charge is 0.292 e. The molecule has 9 heteroatoms. The molecule has 0 aliphatic carbocycles. The molecule has 5 rings (SSSR count). The number of benzene rings is 2. The van der Waals surface area contributed by atoms with E-state index in [4.69, 9.17) is 0 Å². The third-order valence-corrected chi connectivity index (χ3v) is 6.52. The predicted molar refractivity (Wildman–Crippen MR) is 140 cm³/mol. The van der Waals surface area contributed by atoms with Gasteiger partial charge in [-0.2, -0.15) is 0 Å². The van der Waals surface area contributed by atoms with Crippen molar-refractivity contribution < 1.29 is 4.39 Å². The van der Waals surface area contributed by atoms with Crippen molar-refractivity contribution in [3.05, 3.63) is 100 Å². The van der Waals surface area contributed by atoms with Crippen LogP contribution in [0.2, 0.25) is 0 Å². The molecule has 3 heterocycles. The van der Waals surface area contributed by atoms with Gasteiger partial charge in [0, 0.05) is 29.2 Å².